The summed E-state index contributed by atoms with van der Waals surface area (Å²) in [4.78, 5) is 1.48. The maximum atomic E-state index is 12.4. The highest BCUT2D eigenvalue weighted by Crippen LogP contribution is 2.45. The van der Waals surface area contributed by atoms with Crippen LogP contribution in [0.25, 0.3) is 0 Å². The zero-order valence-electron chi connectivity index (χ0n) is 18.6. The molecule has 2 rings (SSSR count). The van der Waals surface area contributed by atoms with Crippen LogP contribution in [0.1, 0.15) is 13.8 Å². The minimum Gasteiger partial charge on any atom is -0.265 e. The zero-order valence-corrected chi connectivity index (χ0v) is 21.9. The molecule has 2 aromatic carbocycles. The fraction of sp³-hybridized carbons (Fsp3) is 0.273. The normalized spacial score (nSPS) is 11.8. The van der Waals surface area contributed by atoms with Crippen molar-refractivity contribution >= 4 is 53.0 Å². The highest BCUT2D eigenvalue weighted by molar-refractivity contribution is 8.76. The van der Waals surface area contributed by atoms with Crippen LogP contribution in [0.4, 0.5) is 11.4 Å². The molecule has 0 amide bonds. The molecule has 0 aliphatic rings. The standard InChI is InChI=1S/C22H28N2O4S4/c1-17(2)15-23(31(5,25)26)19-11-7-9-13-21(19)29-30-22-14-10-8-12-20(22)24(16-18(3)4)32(6,27)28/h7-14H,1,3,15-16H2,2,4-6H3. The Bertz CT molecular complexity index is 1110. The third kappa shape index (κ3) is 7.33. The number of anilines is 2. The lowest BCUT2D eigenvalue weighted by Gasteiger charge is -2.26. The van der Waals surface area contributed by atoms with Crippen molar-refractivity contribution in [2.75, 3.05) is 34.2 Å². The average molecular weight is 513 g/mol. The molecular weight excluding hydrogens is 485 g/mol. The van der Waals surface area contributed by atoms with Crippen molar-refractivity contribution in [3.05, 3.63) is 72.8 Å². The molecule has 0 unspecified atom stereocenters. The van der Waals surface area contributed by atoms with Gasteiger partial charge in [0, 0.05) is 9.79 Å². The summed E-state index contributed by atoms with van der Waals surface area (Å²) in [7, 11) is -4.30. The molecule has 0 aliphatic heterocycles. The van der Waals surface area contributed by atoms with Crippen LogP contribution < -0.4 is 8.61 Å². The van der Waals surface area contributed by atoms with Gasteiger partial charge in [-0.05, 0) is 38.1 Å². The fourth-order valence-electron chi connectivity index (χ4n) is 2.81. The third-order valence-corrected chi connectivity index (χ3v) is 8.83. The largest absolute Gasteiger partial charge is 0.265 e. The Kier molecular flexibility index (Phi) is 8.92. The van der Waals surface area contributed by atoms with E-state index in [-0.39, 0.29) is 13.1 Å². The van der Waals surface area contributed by atoms with Gasteiger partial charge in [-0.15, -0.1) is 0 Å². The lowest BCUT2D eigenvalue weighted by molar-refractivity contribution is 0.596. The summed E-state index contributed by atoms with van der Waals surface area (Å²) >= 11 is 0. The van der Waals surface area contributed by atoms with Gasteiger partial charge in [0.25, 0.3) is 0 Å². The van der Waals surface area contributed by atoms with Gasteiger partial charge >= 0.3 is 0 Å². The van der Waals surface area contributed by atoms with Crippen molar-refractivity contribution in [3.63, 3.8) is 0 Å². The van der Waals surface area contributed by atoms with Gasteiger partial charge in [-0.1, -0.05) is 70.2 Å². The number of hydrogen-bond acceptors (Lipinski definition) is 6. The molecule has 0 atom stereocenters. The Hall–Kier alpha value is -1.88. The predicted molar refractivity (Wildman–Crippen MR) is 139 cm³/mol. The molecule has 0 fully saturated rings. The highest BCUT2D eigenvalue weighted by Gasteiger charge is 2.23. The third-order valence-electron chi connectivity index (χ3n) is 4.12. The van der Waals surface area contributed by atoms with Gasteiger partial charge < -0.3 is 0 Å². The monoisotopic (exact) mass is 512 g/mol. The summed E-state index contributed by atoms with van der Waals surface area (Å²) in [6, 6.07) is 14.4. The van der Waals surface area contributed by atoms with Crippen molar-refractivity contribution < 1.29 is 16.8 Å². The Morgan fingerprint density at radius 1 is 0.719 bits per heavy atom. The van der Waals surface area contributed by atoms with Gasteiger partial charge in [-0.25, -0.2) is 16.8 Å². The molecule has 0 bridgehead atoms. The van der Waals surface area contributed by atoms with Gasteiger partial charge in [0.1, 0.15) is 0 Å². The Balaban J connectivity index is 2.43. The van der Waals surface area contributed by atoms with Crippen LogP contribution in [-0.2, 0) is 20.0 Å². The molecule has 0 saturated heterocycles. The van der Waals surface area contributed by atoms with E-state index in [9.17, 15) is 16.8 Å². The fourth-order valence-corrected chi connectivity index (χ4v) is 7.23. The molecule has 0 spiro atoms. The first kappa shape index (κ1) is 26.4. The molecule has 0 aliphatic carbocycles. The molecule has 0 saturated carbocycles. The predicted octanol–water partition coefficient (Wildman–Crippen LogP) is 5.17. The average Bonchev–Trinajstić information content (AvgIpc) is 2.67. The second kappa shape index (κ2) is 10.8. The van der Waals surface area contributed by atoms with Crippen LogP contribution in [0.5, 0.6) is 0 Å². The first-order valence-electron chi connectivity index (χ1n) is 9.57. The van der Waals surface area contributed by atoms with E-state index in [2.05, 4.69) is 13.2 Å². The molecule has 0 N–H and O–H groups in total. The minimum absolute atomic E-state index is 0.179. The Morgan fingerprint density at radius 2 is 1.03 bits per heavy atom. The summed E-state index contributed by atoms with van der Waals surface area (Å²) in [6.07, 6.45) is 2.34. The number of rotatable bonds is 11. The quantitative estimate of drug-likeness (QED) is 0.305. The first-order chi connectivity index (χ1) is 14.8. The van der Waals surface area contributed by atoms with Crippen LogP contribution in [-0.4, -0.2) is 42.4 Å². The van der Waals surface area contributed by atoms with Crippen LogP contribution in [0.3, 0.4) is 0 Å². The van der Waals surface area contributed by atoms with Gasteiger partial charge in [0.05, 0.1) is 37.0 Å². The lowest BCUT2D eigenvalue weighted by Crippen LogP contribution is -2.31. The van der Waals surface area contributed by atoms with E-state index in [1.165, 1.54) is 42.7 Å². The molecular formula is C22H28N2O4S4. The first-order valence-corrected chi connectivity index (χ1v) is 15.4. The topological polar surface area (TPSA) is 74.8 Å². The van der Waals surface area contributed by atoms with E-state index in [0.29, 0.717) is 11.4 Å². The Morgan fingerprint density at radius 3 is 1.31 bits per heavy atom. The number of sulfonamides is 2. The highest BCUT2D eigenvalue weighted by atomic mass is 33.1. The van der Waals surface area contributed by atoms with E-state index in [1.807, 2.05) is 24.3 Å². The van der Waals surface area contributed by atoms with Crippen LogP contribution >= 0.6 is 21.6 Å². The number of benzene rings is 2. The molecule has 174 valence electrons. The van der Waals surface area contributed by atoms with Gasteiger partial charge in [0.2, 0.25) is 20.0 Å². The summed E-state index contributed by atoms with van der Waals surface area (Å²) in [5.74, 6) is 0. The van der Waals surface area contributed by atoms with Gasteiger partial charge in [-0.2, -0.15) is 0 Å². The summed E-state index contributed by atoms with van der Waals surface area (Å²) in [6.45, 7) is 11.6. The van der Waals surface area contributed by atoms with Crippen LogP contribution in [0.2, 0.25) is 0 Å². The molecule has 32 heavy (non-hydrogen) atoms. The van der Waals surface area contributed by atoms with E-state index in [1.54, 1.807) is 38.1 Å². The Labute approximate surface area is 199 Å². The van der Waals surface area contributed by atoms with Crippen LogP contribution in [0.15, 0.2) is 82.6 Å². The van der Waals surface area contributed by atoms with Gasteiger partial charge in [0.15, 0.2) is 0 Å². The SMILES string of the molecule is C=C(C)CN(c1ccccc1SSc1ccccc1N(CC(=C)C)S(C)(=O)=O)S(C)(=O)=O. The molecule has 6 nitrogen and oxygen atoms in total. The minimum atomic E-state index is -3.52. The van der Waals surface area contributed by atoms with Crippen molar-refractivity contribution in [3.8, 4) is 0 Å². The van der Waals surface area contributed by atoms with Crippen molar-refractivity contribution in [2.45, 2.75) is 23.6 Å². The van der Waals surface area contributed by atoms with E-state index < -0.39 is 20.0 Å². The van der Waals surface area contributed by atoms with Gasteiger partial charge in [-0.3, -0.25) is 8.61 Å². The van der Waals surface area contributed by atoms with Crippen molar-refractivity contribution in [2.24, 2.45) is 0 Å². The van der Waals surface area contributed by atoms with E-state index in [4.69, 9.17) is 0 Å². The molecule has 2 aromatic rings. The number of para-hydroxylation sites is 2. The van der Waals surface area contributed by atoms with E-state index in [0.717, 1.165) is 20.9 Å². The smallest absolute Gasteiger partial charge is 0.232 e. The number of hydrogen-bond donors (Lipinski definition) is 0. The lowest BCUT2D eigenvalue weighted by atomic mass is 10.3. The van der Waals surface area contributed by atoms with Crippen molar-refractivity contribution in [1.29, 1.82) is 0 Å². The number of nitrogens with zero attached hydrogens (tertiary/aromatic N) is 2. The maximum absolute atomic E-state index is 12.4. The second-order valence-corrected chi connectivity index (χ2v) is 13.6. The van der Waals surface area contributed by atoms with Crippen molar-refractivity contribution in [1.82, 2.24) is 0 Å². The molecule has 10 heteroatoms. The summed E-state index contributed by atoms with van der Waals surface area (Å²) < 4.78 is 52.4. The maximum Gasteiger partial charge on any atom is 0.232 e. The van der Waals surface area contributed by atoms with Crippen LogP contribution in [0, 0.1) is 0 Å². The second-order valence-electron chi connectivity index (χ2n) is 7.56. The zero-order chi connectivity index (χ0) is 24.1. The van der Waals surface area contributed by atoms with E-state index >= 15 is 0 Å². The molecule has 0 heterocycles. The summed E-state index contributed by atoms with van der Waals surface area (Å²) in [5, 5.41) is 0. The summed E-state index contributed by atoms with van der Waals surface area (Å²) in [5.41, 5.74) is 2.54. The molecule has 0 aromatic heterocycles. The molecule has 0 radical (unpaired) electrons.